The number of amides is 2. The number of likely N-dealkylation sites (tertiary alicyclic amines) is 1. The Hall–Kier alpha value is -3.38. The van der Waals surface area contributed by atoms with Gasteiger partial charge >= 0.3 is 6.03 Å². The van der Waals surface area contributed by atoms with E-state index in [1.807, 2.05) is 24.3 Å². The highest BCUT2D eigenvalue weighted by Crippen LogP contribution is 2.50. The zero-order chi connectivity index (χ0) is 24.4. The number of carbonyl (C=O) groups excluding carboxylic acids is 1. The number of rotatable bonds is 5. The lowest BCUT2D eigenvalue weighted by molar-refractivity contribution is 0.122. The second-order valence-electron chi connectivity index (χ2n) is 10.6. The first-order valence-electron chi connectivity index (χ1n) is 13.4. The Labute approximate surface area is 213 Å². The summed E-state index contributed by atoms with van der Waals surface area (Å²) in [6.45, 7) is 3.90. The molecule has 1 saturated heterocycles. The lowest BCUT2D eigenvalue weighted by Gasteiger charge is -2.42. The van der Waals surface area contributed by atoms with Crippen LogP contribution in [0, 0.1) is 0 Å². The van der Waals surface area contributed by atoms with Gasteiger partial charge in [0.25, 0.3) is 0 Å². The molecule has 3 aliphatic rings. The normalized spacial score (nSPS) is 19.4. The molecule has 0 unspecified atom stereocenters. The Morgan fingerprint density at radius 2 is 1.75 bits per heavy atom. The molecular formula is C30H35N5O. The molecule has 6 rings (SSSR count). The van der Waals surface area contributed by atoms with Crippen molar-refractivity contribution >= 4 is 23.1 Å². The number of carbonyl (C=O) groups is 1. The summed E-state index contributed by atoms with van der Waals surface area (Å²) in [5, 5.41) is 5.83. The van der Waals surface area contributed by atoms with Crippen molar-refractivity contribution < 1.29 is 4.79 Å². The highest BCUT2D eigenvalue weighted by Gasteiger charge is 2.45. The van der Waals surface area contributed by atoms with E-state index in [1.165, 1.54) is 68.6 Å². The smallest absolute Gasteiger partial charge is 0.319 e. The Kier molecular flexibility index (Phi) is 6.36. The maximum Gasteiger partial charge on any atom is 0.319 e. The number of nitrogens with one attached hydrogen (secondary N) is 2. The fourth-order valence-electron chi connectivity index (χ4n) is 6.46. The minimum Gasteiger partial charge on any atom is -0.340 e. The van der Waals surface area contributed by atoms with Crippen LogP contribution in [0.3, 0.4) is 0 Å². The monoisotopic (exact) mass is 481 g/mol. The van der Waals surface area contributed by atoms with Crippen LogP contribution in [0.5, 0.6) is 0 Å². The first-order chi connectivity index (χ1) is 17.7. The van der Waals surface area contributed by atoms with Gasteiger partial charge in [0.05, 0.1) is 0 Å². The Balaban J connectivity index is 1.12. The molecule has 0 radical (unpaired) electrons. The van der Waals surface area contributed by atoms with Gasteiger partial charge in [-0.2, -0.15) is 0 Å². The van der Waals surface area contributed by atoms with Gasteiger partial charge in [0.1, 0.15) is 0 Å². The second kappa shape index (κ2) is 9.94. The molecule has 3 aromatic rings. The summed E-state index contributed by atoms with van der Waals surface area (Å²) >= 11 is 0. The molecule has 6 heteroatoms. The second-order valence-corrected chi connectivity index (χ2v) is 10.6. The van der Waals surface area contributed by atoms with E-state index < -0.39 is 0 Å². The molecule has 2 amide bonds. The molecule has 1 saturated carbocycles. The number of aromatic nitrogens is 1. The largest absolute Gasteiger partial charge is 0.340 e. The molecule has 2 aliphatic heterocycles. The molecule has 1 aliphatic carbocycles. The number of anilines is 3. The Morgan fingerprint density at radius 1 is 0.972 bits per heavy atom. The van der Waals surface area contributed by atoms with Crippen LogP contribution >= 0.6 is 0 Å². The van der Waals surface area contributed by atoms with E-state index in [4.69, 9.17) is 0 Å². The highest BCUT2D eigenvalue weighted by molar-refractivity contribution is 5.89. The maximum absolute atomic E-state index is 12.4. The zero-order valence-electron chi connectivity index (χ0n) is 20.8. The number of fused-ring (bicyclic) bond motifs is 2. The highest BCUT2D eigenvalue weighted by atomic mass is 16.2. The van der Waals surface area contributed by atoms with Crippen molar-refractivity contribution in [1.82, 2.24) is 15.2 Å². The first kappa shape index (κ1) is 23.0. The van der Waals surface area contributed by atoms with Crippen LogP contribution in [0.25, 0.3) is 0 Å². The van der Waals surface area contributed by atoms with Gasteiger partial charge in [-0.15, -0.1) is 0 Å². The van der Waals surface area contributed by atoms with Gasteiger partial charge in [0, 0.05) is 54.0 Å². The van der Waals surface area contributed by atoms with Crippen LogP contribution in [0.4, 0.5) is 21.9 Å². The molecule has 1 spiro atoms. The Bertz CT molecular complexity index is 1180. The van der Waals surface area contributed by atoms with Crippen LogP contribution in [-0.2, 0) is 12.0 Å². The zero-order valence-corrected chi connectivity index (χ0v) is 20.8. The third kappa shape index (κ3) is 4.58. The lowest BCUT2D eigenvalue weighted by Crippen LogP contribution is -2.47. The van der Waals surface area contributed by atoms with Crippen molar-refractivity contribution in [2.45, 2.75) is 56.5 Å². The average Bonchev–Trinajstić information content (AvgIpc) is 3.57. The number of para-hydroxylation sites is 1. The van der Waals surface area contributed by atoms with E-state index in [9.17, 15) is 4.79 Å². The summed E-state index contributed by atoms with van der Waals surface area (Å²) in [5.74, 6) is 0. The number of hydrogen-bond acceptors (Lipinski definition) is 4. The predicted molar refractivity (Wildman–Crippen MR) is 145 cm³/mol. The van der Waals surface area contributed by atoms with Crippen LogP contribution in [0.15, 0.2) is 73.1 Å². The third-order valence-electron chi connectivity index (χ3n) is 8.44. The fourth-order valence-corrected chi connectivity index (χ4v) is 6.46. The molecule has 36 heavy (non-hydrogen) atoms. The van der Waals surface area contributed by atoms with Crippen molar-refractivity contribution in [2.24, 2.45) is 0 Å². The van der Waals surface area contributed by atoms with Crippen LogP contribution in [0.2, 0.25) is 0 Å². The van der Waals surface area contributed by atoms with E-state index in [2.05, 4.69) is 61.8 Å². The number of urea groups is 1. The number of pyridine rings is 1. The minimum absolute atomic E-state index is 0.217. The van der Waals surface area contributed by atoms with Crippen molar-refractivity contribution in [2.75, 3.05) is 29.9 Å². The Morgan fingerprint density at radius 3 is 2.50 bits per heavy atom. The summed E-state index contributed by atoms with van der Waals surface area (Å²) in [5.41, 5.74) is 6.01. The van der Waals surface area contributed by atoms with Gasteiger partial charge in [0.2, 0.25) is 0 Å². The minimum atomic E-state index is -0.217. The van der Waals surface area contributed by atoms with Gasteiger partial charge in [0.15, 0.2) is 0 Å². The molecule has 6 nitrogen and oxygen atoms in total. The maximum atomic E-state index is 12.4. The van der Waals surface area contributed by atoms with Crippen molar-refractivity contribution in [3.8, 4) is 0 Å². The molecule has 0 bridgehead atoms. The van der Waals surface area contributed by atoms with E-state index in [1.54, 1.807) is 12.4 Å². The van der Waals surface area contributed by atoms with E-state index in [0.29, 0.717) is 6.54 Å². The molecular weight excluding hydrogens is 446 g/mol. The van der Waals surface area contributed by atoms with E-state index in [0.717, 1.165) is 23.8 Å². The van der Waals surface area contributed by atoms with Gasteiger partial charge in [-0.1, -0.05) is 37.1 Å². The summed E-state index contributed by atoms with van der Waals surface area (Å²) in [7, 11) is 0. The summed E-state index contributed by atoms with van der Waals surface area (Å²) < 4.78 is 0. The predicted octanol–water partition coefficient (Wildman–Crippen LogP) is 5.83. The van der Waals surface area contributed by atoms with Gasteiger partial charge in [-0.3, -0.25) is 4.98 Å². The van der Waals surface area contributed by atoms with E-state index >= 15 is 0 Å². The molecule has 3 heterocycles. The SMILES string of the molecule is O=C(NCc1cccnc1)Nc1ccc(N2CC3(CCN(C4CCCC4)CC3)c3ccccc32)cc1. The summed E-state index contributed by atoms with van der Waals surface area (Å²) in [6, 6.07) is 21.6. The molecule has 1 aromatic heterocycles. The van der Waals surface area contributed by atoms with Gasteiger partial charge in [-0.05, 0) is 86.3 Å². The quantitative estimate of drug-likeness (QED) is 0.481. The van der Waals surface area contributed by atoms with Crippen LogP contribution < -0.4 is 15.5 Å². The molecule has 2 fully saturated rings. The number of benzene rings is 2. The van der Waals surface area contributed by atoms with Crippen molar-refractivity contribution in [3.05, 3.63) is 84.2 Å². The third-order valence-corrected chi connectivity index (χ3v) is 8.44. The molecule has 2 aromatic carbocycles. The number of nitrogens with zero attached hydrogens (tertiary/aromatic N) is 3. The number of piperidine rings is 1. The molecule has 0 atom stereocenters. The molecule has 2 N–H and O–H groups in total. The average molecular weight is 482 g/mol. The first-order valence-corrected chi connectivity index (χ1v) is 13.4. The van der Waals surface area contributed by atoms with Crippen LogP contribution in [-0.4, -0.2) is 41.6 Å². The summed E-state index contributed by atoms with van der Waals surface area (Å²) in [6.07, 6.45) is 11.5. The van der Waals surface area contributed by atoms with E-state index in [-0.39, 0.29) is 11.4 Å². The topological polar surface area (TPSA) is 60.5 Å². The molecule has 186 valence electrons. The van der Waals surface area contributed by atoms with Crippen molar-refractivity contribution in [1.29, 1.82) is 0 Å². The summed E-state index contributed by atoms with van der Waals surface area (Å²) in [4.78, 5) is 21.7. The lowest BCUT2D eigenvalue weighted by atomic mass is 9.74. The standard InChI is InChI=1S/C30H35N5O/c36-29(32-21-23-6-5-17-31-20-23)33-24-11-13-26(14-12-24)35-22-30(27-9-3-4-10-28(27)35)15-18-34(19-16-30)25-7-1-2-8-25/h3-6,9-14,17,20,25H,1-2,7-8,15-16,18-19,21-22H2,(H2,32,33,36). The van der Waals surface area contributed by atoms with Crippen LogP contribution in [0.1, 0.15) is 49.7 Å². The van der Waals surface area contributed by atoms with Crippen molar-refractivity contribution in [3.63, 3.8) is 0 Å². The van der Waals surface area contributed by atoms with Gasteiger partial charge < -0.3 is 20.4 Å². The number of hydrogen-bond donors (Lipinski definition) is 2. The fraction of sp³-hybridized carbons (Fsp3) is 0.400. The van der Waals surface area contributed by atoms with Gasteiger partial charge in [-0.25, -0.2) is 4.79 Å².